The molecule has 0 saturated carbocycles. The lowest BCUT2D eigenvalue weighted by atomic mass is 10.4. The summed E-state index contributed by atoms with van der Waals surface area (Å²) in [5, 5.41) is 0.900. The number of alkyl halides is 3. The maximum absolute atomic E-state index is 12.3. The third-order valence-corrected chi connectivity index (χ3v) is 5.74. The molecule has 0 fully saturated rings. The van der Waals surface area contributed by atoms with E-state index in [2.05, 4.69) is 0 Å². The minimum absolute atomic E-state index is 0.272. The van der Waals surface area contributed by atoms with Gasteiger partial charge in [-0.1, -0.05) is 24.9 Å². The highest BCUT2D eigenvalue weighted by molar-refractivity contribution is 8.13. The molecule has 0 amide bonds. The number of benzene rings is 1. The second-order valence-corrected chi connectivity index (χ2v) is 7.96. The average Bonchev–Trinajstić information content (AvgIpc) is 2.37. The van der Waals surface area contributed by atoms with E-state index in [9.17, 15) is 13.2 Å². The number of rotatable bonds is 7. The van der Waals surface area contributed by atoms with Crippen molar-refractivity contribution in [2.75, 3.05) is 13.2 Å². The lowest BCUT2D eigenvalue weighted by Gasteiger charge is -2.23. The zero-order valence-electron chi connectivity index (χ0n) is 10.8. The first-order chi connectivity index (χ1) is 9.27. The van der Waals surface area contributed by atoms with E-state index < -0.39 is 19.3 Å². The van der Waals surface area contributed by atoms with Crippen LogP contribution >= 0.6 is 18.1 Å². The van der Waals surface area contributed by atoms with Crippen molar-refractivity contribution < 1.29 is 22.2 Å². The Kier molecular flexibility index (Phi) is 6.95. The van der Waals surface area contributed by atoms with Gasteiger partial charge in [0.1, 0.15) is 0 Å². The maximum Gasteiger partial charge on any atom is 0.412 e. The second kappa shape index (κ2) is 7.76. The molecule has 114 valence electrons. The van der Waals surface area contributed by atoms with Crippen LogP contribution in [-0.2, 0) is 20.9 Å². The van der Waals surface area contributed by atoms with Crippen molar-refractivity contribution in [1.82, 2.24) is 0 Å². The molecule has 1 aromatic rings. The van der Waals surface area contributed by atoms with Crippen LogP contribution in [0.4, 0.5) is 13.2 Å². The Bertz CT molecular complexity index is 465. The summed E-state index contributed by atoms with van der Waals surface area (Å²) in [5.41, 5.74) is 0. The van der Waals surface area contributed by atoms with Crippen molar-refractivity contribution in [1.29, 1.82) is 0 Å². The molecule has 0 aromatic heterocycles. The van der Waals surface area contributed by atoms with Crippen molar-refractivity contribution in [2.45, 2.75) is 25.9 Å². The first-order valence-electron chi connectivity index (χ1n) is 5.99. The number of hydrogen-bond acceptors (Lipinski definition) is 3. The predicted octanol–water partition coefficient (Wildman–Crippen LogP) is 4.67. The van der Waals surface area contributed by atoms with Crippen LogP contribution < -0.4 is 5.30 Å². The van der Waals surface area contributed by atoms with E-state index in [1.807, 2.05) is 6.92 Å². The van der Waals surface area contributed by atoms with Crippen LogP contribution in [0.3, 0.4) is 0 Å². The van der Waals surface area contributed by atoms with E-state index in [0.29, 0.717) is 16.7 Å². The van der Waals surface area contributed by atoms with Crippen molar-refractivity contribution in [2.24, 2.45) is 0 Å². The van der Waals surface area contributed by atoms with E-state index in [1.165, 1.54) is 0 Å². The summed E-state index contributed by atoms with van der Waals surface area (Å²) < 4.78 is 47.3. The first kappa shape index (κ1) is 17.9. The lowest BCUT2D eigenvalue weighted by molar-refractivity contribution is -0.153. The Labute approximate surface area is 126 Å². The van der Waals surface area contributed by atoms with E-state index in [1.54, 1.807) is 24.3 Å². The van der Waals surface area contributed by atoms with Gasteiger partial charge in [0.15, 0.2) is 6.61 Å². The SMILES string of the molecule is CCCCOP(=S)(OCC(F)(F)F)c1ccc(Cl)cc1. The maximum atomic E-state index is 12.3. The topological polar surface area (TPSA) is 18.5 Å². The molecular formula is C12H15ClF3O2PS. The molecule has 1 rings (SSSR count). The third-order valence-electron chi connectivity index (χ3n) is 2.30. The fraction of sp³-hybridized carbons (Fsp3) is 0.500. The van der Waals surface area contributed by atoms with Crippen LogP contribution in [0.15, 0.2) is 24.3 Å². The molecular weight excluding hydrogens is 332 g/mol. The van der Waals surface area contributed by atoms with Gasteiger partial charge >= 0.3 is 6.18 Å². The van der Waals surface area contributed by atoms with Crippen LogP contribution in [0.5, 0.6) is 0 Å². The predicted molar refractivity (Wildman–Crippen MR) is 78.2 cm³/mol. The highest BCUT2D eigenvalue weighted by atomic mass is 35.5. The van der Waals surface area contributed by atoms with E-state index in [4.69, 9.17) is 32.5 Å². The highest BCUT2D eigenvalue weighted by Gasteiger charge is 2.33. The van der Waals surface area contributed by atoms with Gasteiger partial charge in [0.2, 0.25) is 6.49 Å². The molecule has 0 aliphatic heterocycles. The Hall–Kier alpha value is -0.130. The summed E-state index contributed by atoms with van der Waals surface area (Å²) >= 11 is 11.0. The highest BCUT2D eigenvalue weighted by Crippen LogP contribution is 2.48. The molecule has 8 heteroatoms. The Balaban J connectivity index is 2.88. The Morgan fingerprint density at radius 1 is 1.20 bits per heavy atom. The molecule has 1 unspecified atom stereocenters. The van der Waals surface area contributed by atoms with Crippen LogP contribution in [0.2, 0.25) is 5.02 Å². The van der Waals surface area contributed by atoms with Gasteiger partial charge in [-0.2, -0.15) is 13.2 Å². The first-order valence-corrected chi connectivity index (χ1v) is 9.00. The summed E-state index contributed by atoms with van der Waals surface area (Å²) in [6.07, 6.45) is -2.87. The van der Waals surface area contributed by atoms with Gasteiger partial charge in [0.05, 0.1) is 6.61 Å². The van der Waals surface area contributed by atoms with Crippen LogP contribution in [0.1, 0.15) is 19.8 Å². The van der Waals surface area contributed by atoms with Crippen molar-refractivity contribution >= 4 is 35.2 Å². The minimum Gasteiger partial charge on any atom is -0.326 e. The summed E-state index contributed by atoms with van der Waals surface area (Å²) in [5.74, 6) is 0. The molecule has 0 aliphatic rings. The van der Waals surface area contributed by atoms with Gasteiger partial charge in [-0.05, 0) is 42.5 Å². The largest absolute Gasteiger partial charge is 0.412 e. The quantitative estimate of drug-likeness (QED) is 0.528. The molecule has 0 N–H and O–H groups in total. The zero-order chi connectivity index (χ0) is 15.2. The third kappa shape index (κ3) is 6.10. The summed E-state index contributed by atoms with van der Waals surface area (Å²) in [7, 11) is 0. The molecule has 0 bridgehead atoms. The number of unbranched alkanes of at least 4 members (excludes halogenated alkanes) is 1. The second-order valence-electron chi connectivity index (χ2n) is 4.05. The molecule has 0 spiro atoms. The van der Waals surface area contributed by atoms with Gasteiger partial charge in [0.25, 0.3) is 0 Å². The summed E-state index contributed by atoms with van der Waals surface area (Å²) in [6.45, 7) is -2.36. The van der Waals surface area contributed by atoms with Crippen molar-refractivity contribution in [3.8, 4) is 0 Å². The van der Waals surface area contributed by atoms with Crippen LogP contribution in [-0.4, -0.2) is 19.4 Å². The lowest BCUT2D eigenvalue weighted by Crippen LogP contribution is -2.20. The molecule has 1 atom stereocenters. The van der Waals surface area contributed by atoms with Gasteiger partial charge in [-0.3, -0.25) is 0 Å². The van der Waals surface area contributed by atoms with Crippen LogP contribution in [0.25, 0.3) is 0 Å². The fourth-order valence-corrected chi connectivity index (χ4v) is 3.74. The Morgan fingerprint density at radius 2 is 1.80 bits per heavy atom. The molecule has 20 heavy (non-hydrogen) atoms. The molecule has 0 heterocycles. The summed E-state index contributed by atoms with van der Waals surface area (Å²) in [4.78, 5) is 0. The van der Waals surface area contributed by atoms with E-state index in [-0.39, 0.29) is 6.61 Å². The fourth-order valence-electron chi connectivity index (χ4n) is 1.30. The van der Waals surface area contributed by atoms with Gasteiger partial charge in [-0.15, -0.1) is 0 Å². The minimum atomic E-state index is -4.44. The monoisotopic (exact) mass is 346 g/mol. The van der Waals surface area contributed by atoms with Crippen molar-refractivity contribution in [3.05, 3.63) is 29.3 Å². The normalized spacial score (nSPS) is 15.1. The molecule has 0 saturated heterocycles. The van der Waals surface area contributed by atoms with E-state index >= 15 is 0 Å². The van der Waals surface area contributed by atoms with E-state index in [0.717, 1.165) is 6.42 Å². The molecule has 0 radical (unpaired) electrons. The summed E-state index contributed by atoms with van der Waals surface area (Å²) in [6, 6.07) is 6.20. The van der Waals surface area contributed by atoms with Gasteiger partial charge < -0.3 is 9.05 Å². The standard InChI is InChI=1S/C12H15ClF3O2PS/c1-2-3-8-17-19(20,18-9-12(14,15)16)11-6-4-10(13)5-7-11/h4-7H,2-3,8-9H2,1H3. The molecule has 2 nitrogen and oxygen atoms in total. The van der Waals surface area contributed by atoms with Crippen LogP contribution in [0, 0.1) is 0 Å². The number of halogens is 4. The smallest absolute Gasteiger partial charge is 0.326 e. The van der Waals surface area contributed by atoms with Gasteiger partial charge in [0, 0.05) is 10.3 Å². The average molecular weight is 347 g/mol. The van der Waals surface area contributed by atoms with Gasteiger partial charge in [-0.25, -0.2) is 0 Å². The van der Waals surface area contributed by atoms with Crippen molar-refractivity contribution in [3.63, 3.8) is 0 Å². The Morgan fingerprint density at radius 3 is 2.30 bits per heavy atom. The molecule has 1 aromatic carbocycles. The zero-order valence-corrected chi connectivity index (χ0v) is 13.3. The number of hydrogen-bond donors (Lipinski definition) is 0. The molecule has 0 aliphatic carbocycles.